The van der Waals surface area contributed by atoms with Gasteiger partial charge in [0.1, 0.15) is 0 Å². The highest BCUT2D eigenvalue weighted by atomic mass is 35.5. The van der Waals surface area contributed by atoms with Crippen LogP contribution in [0.2, 0.25) is 5.02 Å². The van der Waals surface area contributed by atoms with Crippen molar-refractivity contribution in [3.05, 3.63) is 76.9 Å². The Morgan fingerprint density at radius 2 is 1.81 bits per heavy atom. The summed E-state index contributed by atoms with van der Waals surface area (Å²) in [5.41, 5.74) is 3.43. The van der Waals surface area contributed by atoms with E-state index in [0.29, 0.717) is 0 Å². The number of nitrogens with zero attached hydrogens (tertiary/aromatic N) is 1. The van der Waals surface area contributed by atoms with E-state index < -0.39 is 0 Å². The minimum absolute atomic E-state index is 0.206. The molecule has 0 saturated heterocycles. The Hall–Kier alpha value is -1.90. The third-order valence-electron chi connectivity index (χ3n) is 3.79. The van der Waals surface area contributed by atoms with Crippen molar-refractivity contribution in [2.75, 3.05) is 7.05 Å². The molecule has 0 saturated carbocycles. The van der Waals surface area contributed by atoms with E-state index in [0.717, 1.165) is 22.5 Å². The first-order valence-electron chi connectivity index (χ1n) is 7.04. The highest BCUT2D eigenvalue weighted by Gasteiger charge is 2.14. The highest BCUT2D eigenvalue weighted by molar-refractivity contribution is 6.31. The molecule has 0 bridgehead atoms. The summed E-state index contributed by atoms with van der Waals surface area (Å²) in [6.45, 7) is 0. The van der Waals surface area contributed by atoms with E-state index in [1.807, 2.05) is 43.6 Å². The number of benzene rings is 2. The molecule has 2 aromatic carbocycles. The average molecular weight is 297 g/mol. The van der Waals surface area contributed by atoms with Gasteiger partial charge in [-0.15, -0.1) is 0 Å². The van der Waals surface area contributed by atoms with Crippen LogP contribution in [-0.4, -0.2) is 12.0 Å². The lowest BCUT2D eigenvalue weighted by Gasteiger charge is -2.19. The van der Waals surface area contributed by atoms with Crippen molar-refractivity contribution in [1.29, 1.82) is 0 Å². The van der Waals surface area contributed by atoms with Crippen molar-refractivity contribution in [3.63, 3.8) is 0 Å². The maximum absolute atomic E-state index is 6.29. The van der Waals surface area contributed by atoms with Gasteiger partial charge in [0.2, 0.25) is 0 Å². The first-order chi connectivity index (χ1) is 10.3. The molecular formula is C18H17ClN2. The molecular weight excluding hydrogens is 280 g/mol. The SMILES string of the molecule is CNC(Cc1ccccc1Cl)c1ccnc2ccccc12. The smallest absolute Gasteiger partial charge is 0.0705 e. The minimum atomic E-state index is 0.206. The second kappa shape index (κ2) is 6.25. The second-order valence-corrected chi connectivity index (χ2v) is 5.46. The number of rotatable bonds is 4. The quantitative estimate of drug-likeness (QED) is 0.772. The molecule has 3 rings (SSSR count). The van der Waals surface area contributed by atoms with Gasteiger partial charge in [-0.05, 0) is 42.8 Å². The predicted molar refractivity (Wildman–Crippen MR) is 88.7 cm³/mol. The van der Waals surface area contributed by atoms with E-state index in [9.17, 15) is 0 Å². The molecule has 21 heavy (non-hydrogen) atoms. The van der Waals surface area contributed by atoms with Crippen LogP contribution in [0.1, 0.15) is 17.2 Å². The predicted octanol–water partition coefficient (Wildman–Crippen LogP) is 4.39. The summed E-state index contributed by atoms with van der Waals surface area (Å²) < 4.78 is 0. The van der Waals surface area contributed by atoms with Crippen LogP contribution in [0, 0.1) is 0 Å². The van der Waals surface area contributed by atoms with E-state index in [1.165, 1.54) is 10.9 Å². The molecule has 0 radical (unpaired) electrons. The minimum Gasteiger partial charge on any atom is -0.313 e. The van der Waals surface area contributed by atoms with Crippen molar-refractivity contribution < 1.29 is 0 Å². The highest BCUT2D eigenvalue weighted by Crippen LogP contribution is 2.27. The fourth-order valence-corrected chi connectivity index (χ4v) is 2.89. The van der Waals surface area contributed by atoms with Crippen LogP contribution < -0.4 is 5.32 Å². The van der Waals surface area contributed by atoms with Gasteiger partial charge in [-0.2, -0.15) is 0 Å². The normalized spacial score (nSPS) is 12.5. The number of aromatic nitrogens is 1. The molecule has 1 unspecified atom stereocenters. The maximum atomic E-state index is 6.29. The summed E-state index contributed by atoms with van der Waals surface area (Å²) >= 11 is 6.29. The Balaban J connectivity index is 2.01. The summed E-state index contributed by atoms with van der Waals surface area (Å²) in [5.74, 6) is 0. The Morgan fingerprint density at radius 3 is 2.62 bits per heavy atom. The number of likely N-dealkylation sites (N-methyl/N-ethyl adjacent to an activating group) is 1. The molecule has 3 heteroatoms. The summed E-state index contributed by atoms with van der Waals surface area (Å²) in [6.07, 6.45) is 2.72. The van der Waals surface area contributed by atoms with Gasteiger partial charge in [0.05, 0.1) is 5.52 Å². The Kier molecular flexibility index (Phi) is 4.18. The third-order valence-corrected chi connectivity index (χ3v) is 4.16. The first-order valence-corrected chi connectivity index (χ1v) is 7.41. The summed E-state index contributed by atoms with van der Waals surface area (Å²) in [5, 5.41) is 5.40. The fourth-order valence-electron chi connectivity index (χ4n) is 2.67. The molecule has 0 spiro atoms. The van der Waals surface area contributed by atoms with E-state index in [1.54, 1.807) is 0 Å². The fraction of sp³-hybridized carbons (Fsp3) is 0.167. The average Bonchev–Trinajstić information content (AvgIpc) is 2.54. The molecule has 0 aliphatic heterocycles. The van der Waals surface area contributed by atoms with E-state index in [2.05, 4.69) is 34.6 Å². The van der Waals surface area contributed by atoms with Crippen LogP contribution >= 0.6 is 11.6 Å². The van der Waals surface area contributed by atoms with E-state index >= 15 is 0 Å². The van der Waals surface area contributed by atoms with Crippen LogP contribution in [0.25, 0.3) is 10.9 Å². The third kappa shape index (κ3) is 2.92. The Labute approximate surface area is 129 Å². The lowest BCUT2D eigenvalue weighted by atomic mass is 9.96. The van der Waals surface area contributed by atoms with Crippen LogP contribution in [0.4, 0.5) is 0 Å². The molecule has 2 nitrogen and oxygen atoms in total. The number of pyridine rings is 1. The Morgan fingerprint density at radius 1 is 1.05 bits per heavy atom. The Bertz CT molecular complexity index is 750. The molecule has 1 aromatic heterocycles. The lowest BCUT2D eigenvalue weighted by Crippen LogP contribution is -2.19. The van der Waals surface area contributed by atoms with Gasteiger partial charge in [0.25, 0.3) is 0 Å². The standard InChI is InChI=1S/C18H17ClN2/c1-20-18(12-13-6-2-4-8-16(13)19)15-10-11-21-17-9-5-3-7-14(15)17/h2-11,18,20H,12H2,1H3. The van der Waals surface area contributed by atoms with Crippen molar-refractivity contribution in [1.82, 2.24) is 10.3 Å². The van der Waals surface area contributed by atoms with Crippen molar-refractivity contribution in [3.8, 4) is 0 Å². The van der Waals surface area contributed by atoms with Crippen LogP contribution in [0.15, 0.2) is 60.8 Å². The summed E-state index contributed by atoms with van der Waals surface area (Å²) in [7, 11) is 1.98. The molecule has 0 aliphatic carbocycles. The molecule has 1 heterocycles. The van der Waals surface area contributed by atoms with Gasteiger partial charge >= 0.3 is 0 Å². The van der Waals surface area contributed by atoms with Crippen molar-refractivity contribution in [2.24, 2.45) is 0 Å². The largest absolute Gasteiger partial charge is 0.313 e. The first kappa shape index (κ1) is 14.1. The van der Waals surface area contributed by atoms with Crippen molar-refractivity contribution in [2.45, 2.75) is 12.5 Å². The van der Waals surface area contributed by atoms with Gasteiger partial charge in [-0.25, -0.2) is 0 Å². The zero-order valence-electron chi connectivity index (χ0n) is 11.9. The number of hydrogen-bond acceptors (Lipinski definition) is 2. The van der Waals surface area contributed by atoms with Crippen LogP contribution in [0.3, 0.4) is 0 Å². The molecule has 0 fully saturated rings. The zero-order valence-corrected chi connectivity index (χ0v) is 12.6. The number of fused-ring (bicyclic) bond motifs is 1. The number of hydrogen-bond donors (Lipinski definition) is 1. The van der Waals surface area contributed by atoms with Gasteiger partial charge < -0.3 is 5.32 Å². The molecule has 3 aromatic rings. The molecule has 0 amide bonds. The summed E-state index contributed by atoms with van der Waals surface area (Å²) in [6, 6.07) is 18.5. The van der Waals surface area contributed by atoms with Gasteiger partial charge in [-0.3, -0.25) is 4.98 Å². The zero-order chi connectivity index (χ0) is 14.7. The van der Waals surface area contributed by atoms with Gasteiger partial charge in [-0.1, -0.05) is 48.0 Å². The topological polar surface area (TPSA) is 24.9 Å². The van der Waals surface area contributed by atoms with Crippen LogP contribution in [-0.2, 0) is 6.42 Å². The monoisotopic (exact) mass is 296 g/mol. The molecule has 0 aliphatic rings. The molecule has 1 atom stereocenters. The lowest BCUT2D eigenvalue weighted by molar-refractivity contribution is 0.596. The number of nitrogens with one attached hydrogen (secondary N) is 1. The number of halogens is 1. The maximum Gasteiger partial charge on any atom is 0.0705 e. The van der Waals surface area contributed by atoms with Gasteiger partial charge in [0.15, 0.2) is 0 Å². The number of para-hydroxylation sites is 1. The van der Waals surface area contributed by atoms with Crippen LogP contribution in [0.5, 0.6) is 0 Å². The second-order valence-electron chi connectivity index (χ2n) is 5.05. The van der Waals surface area contributed by atoms with Gasteiger partial charge in [0, 0.05) is 22.6 Å². The van der Waals surface area contributed by atoms with E-state index in [-0.39, 0.29) is 6.04 Å². The molecule has 1 N–H and O–H groups in total. The van der Waals surface area contributed by atoms with E-state index in [4.69, 9.17) is 11.6 Å². The molecule has 106 valence electrons. The summed E-state index contributed by atoms with van der Waals surface area (Å²) in [4.78, 5) is 4.43. The van der Waals surface area contributed by atoms with Crippen molar-refractivity contribution >= 4 is 22.5 Å².